The number of ether oxygens (including phenoxy) is 2. The van der Waals surface area contributed by atoms with Crippen molar-refractivity contribution in [1.82, 2.24) is 0 Å². The SMILES string of the molecule is C[C@]12C=CC(=O)C=C1CCC1C2C(O)C[C@@]2(C)C1C[C@H]1O[C@@H](C3CCCCC3)O[C@]12C(=O)CO. The van der Waals surface area contributed by atoms with Crippen molar-refractivity contribution in [1.29, 1.82) is 0 Å². The number of allylic oxidation sites excluding steroid dienone is 4. The first-order valence-corrected chi connectivity index (χ1v) is 13.3. The van der Waals surface area contributed by atoms with Gasteiger partial charge in [0.15, 0.2) is 23.5 Å². The fraction of sp³-hybridized carbons (Fsp3) is 0.786. The predicted molar refractivity (Wildman–Crippen MR) is 125 cm³/mol. The molecule has 0 spiro atoms. The largest absolute Gasteiger partial charge is 0.393 e. The zero-order valence-electron chi connectivity index (χ0n) is 20.4. The Morgan fingerprint density at radius 2 is 1.94 bits per heavy atom. The molecule has 2 N–H and O–H groups in total. The van der Waals surface area contributed by atoms with Gasteiger partial charge in [-0.25, -0.2) is 0 Å². The number of carbonyl (C=O) groups excluding carboxylic acids is 2. The van der Waals surface area contributed by atoms with Gasteiger partial charge in [0.05, 0.1) is 12.2 Å². The third-order valence-electron chi connectivity index (χ3n) is 10.8. The summed E-state index contributed by atoms with van der Waals surface area (Å²) in [4.78, 5) is 25.6. The third-order valence-corrected chi connectivity index (χ3v) is 10.8. The van der Waals surface area contributed by atoms with E-state index in [1.54, 1.807) is 12.2 Å². The van der Waals surface area contributed by atoms with E-state index < -0.39 is 30.0 Å². The summed E-state index contributed by atoms with van der Waals surface area (Å²) >= 11 is 0. The Labute approximate surface area is 201 Å². The number of ketones is 2. The van der Waals surface area contributed by atoms with Crippen LogP contribution in [0.25, 0.3) is 0 Å². The lowest BCUT2D eigenvalue weighted by atomic mass is 9.46. The van der Waals surface area contributed by atoms with E-state index in [0.717, 1.165) is 50.5 Å². The highest BCUT2D eigenvalue weighted by Gasteiger charge is 2.76. The topological polar surface area (TPSA) is 93.1 Å². The molecule has 0 aromatic carbocycles. The highest BCUT2D eigenvalue weighted by atomic mass is 16.7. The Hall–Kier alpha value is -1.34. The lowest BCUT2D eigenvalue weighted by Crippen LogP contribution is -2.63. The van der Waals surface area contributed by atoms with Gasteiger partial charge in [-0.1, -0.05) is 44.8 Å². The number of hydrogen-bond donors (Lipinski definition) is 2. The molecule has 0 aromatic rings. The van der Waals surface area contributed by atoms with Crippen LogP contribution in [0, 0.1) is 34.5 Å². The maximum Gasteiger partial charge on any atom is 0.193 e. The van der Waals surface area contributed by atoms with Crippen LogP contribution in [0.15, 0.2) is 23.8 Å². The van der Waals surface area contributed by atoms with Gasteiger partial charge < -0.3 is 19.7 Å². The van der Waals surface area contributed by atoms with E-state index in [4.69, 9.17) is 9.47 Å². The van der Waals surface area contributed by atoms with Gasteiger partial charge in [-0.2, -0.15) is 0 Å². The molecule has 1 heterocycles. The van der Waals surface area contributed by atoms with E-state index in [-0.39, 0.29) is 46.8 Å². The first-order valence-electron chi connectivity index (χ1n) is 13.3. The van der Waals surface area contributed by atoms with Crippen LogP contribution in [0.2, 0.25) is 0 Å². The minimum Gasteiger partial charge on any atom is -0.393 e. The highest BCUT2D eigenvalue weighted by molar-refractivity contribution is 6.01. The molecule has 4 saturated carbocycles. The number of Topliss-reactive ketones (excluding diaryl/α,β-unsaturated/α-hetero) is 1. The first-order chi connectivity index (χ1) is 16.2. The normalized spacial score (nSPS) is 50.2. The molecule has 0 bridgehead atoms. The van der Waals surface area contributed by atoms with Crippen molar-refractivity contribution in [3.8, 4) is 0 Å². The molecule has 9 atom stereocenters. The van der Waals surface area contributed by atoms with E-state index in [1.807, 2.05) is 6.08 Å². The molecule has 5 aliphatic carbocycles. The zero-order chi connectivity index (χ0) is 23.9. The molecule has 5 fully saturated rings. The molecule has 6 rings (SSSR count). The number of aliphatic hydroxyl groups is 2. The van der Waals surface area contributed by atoms with Gasteiger partial charge in [0.1, 0.15) is 6.61 Å². The van der Waals surface area contributed by atoms with E-state index >= 15 is 0 Å². The van der Waals surface area contributed by atoms with Crippen LogP contribution in [0.1, 0.15) is 71.6 Å². The third kappa shape index (κ3) is 2.89. The van der Waals surface area contributed by atoms with Crippen molar-refractivity contribution in [2.24, 2.45) is 34.5 Å². The molecule has 1 saturated heterocycles. The van der Waals surface area contributed by atoms with Crippen molar-refractivity contribution in [2.45, 2.75) is 95.7 Å². The fourth-order valence-electron chi connectivity index (χ4n) is 9.33. The van der Waals surface area contributed by atoms with Crippen molar-refractivity contribution in [3.63, 3.8) is 0 Å². The summed E-state index contributed by atoms with van der Waals surface area (Å²) in [5.74, 6) is 0.360. The molecular formula is C28H38O6. The van der Waals surface area contributed by atoms with Crippen molar-refractivity contribution < 1.29 is 29.3 Å². The Kier molecular flexibility index (Phi) is 5.31. The smallest absolute Gasteiger partial charge is 0.193 e. The van der Waals surface area contributed by atoms with Gasteiger partial charge in [-0.05, 0) is 62.5 Å². The van der Waals surface area contributed by atoms with E-state index in [9.17, 15) is 19.8 Å². The second-order valence-electron chi connectivity index (χ2n) is 12.3. The molecule has 0 aromatic heterocycles. The average Bonchev–Trinajstić information content (AvgIpc) is 3.32. The molecule has 6 nitrogen and oxygen atoms in total. The van der Waals surface area contributed by atoms with Crippen LogP contribution in [0.3, 0.4) is 0 Å². The number of fused-ring (bicyclic) bond motifs is 7. The molecule has 186 valence electrons. The second kappa shape index (κ2) is 7.83. The van der Waals surface area contributed by atoms with Gasteiger partial charge in [-0.3, -0.25) is 9.59 Å². The molecule has 1 aliphatic heterocycles. The quantitative estimate of drug-likeness (QED) is 0.656. The van der Waals surface area contributed by atoms with E-state index in [1.165, 1.54) is 6.42 Å². The lowest BCUT2D eigenvalue weighted by molar-refractivity contribution is -0.209. The molecular weight excluding hydrogens is 432 g/mol. The number of hydrogen-bond acceptors (Lipinski definition) is 6. The van der Waals surface area contributed by atoms with Crippen LogP contribution < -0.4 is 0 Å². The number of aliphatic hydroxyl groups excluding tert-OH is 2. The molecule has 4 unspecified atom stereocenters. The molecule has 0 radical (unpaired) electrons. The average molecular weight is 471 g/mol. The van der Waals surface area contributed by atoms with Crippen LogP contribution in [-0.4, -0.2) is 52.5 Å². The predicted octanol–water partition coefficient (Wildman–Crippen LogP) is 3.50. The zero-order valence-corrected chi connectivity index (χ0v) is 20.4. The van der Waals surface area contributed by atoms with Crippen LogP contribution >= 0.6 is 0 Å². The van der Waals surface area contributed by atoms with Crippen molar-refractivity contribution in [2.75, 3.05) is 6.61 Å². The minimum atomic E-state index is -1.20. The molecule has 6 heteroatoms. The van der Waals surface area contributed by atoms with Gasteiger partial charge in [0.2, 0.25) is 0 Å². The summed E-state index contributed by atoms with van der Waals surface area (Å²) in [5.41, 5.74) is -1.04. The fourth-order valence-corrected chi connectivity index (χ4v) is 9.33. The monoisotopic (exact) mass is 470 g/mol. The maximum atomic E-state index is 13.5. The van der Waals surface area contributed by atoms with Gasteiger partial charge >= 0.3 is 0 Å². The van der Waals surface area contributed by atoms with Crippen LogP contribution in [-0.2, 0) is 19.1 Å². The first kappa shape index (κ1) is 23.1. The van der Waals surface area contributed by atoms with Crippen molar-refractivity contribution >= 4 is 11.6 Å². The number of rotatable bonds is 3. The highest BCUT2D eigenvalue weighted by Crippen LogP contribution is 2.70. The second-order valence-corrected chi connectivity index (χ2v) is 12.3. The van der Waals surface area contributed by atoms with E-state index in [2.05, 4.69) is 13.8 Å². The van der Waals surface area contributed by atoms with Crippen LogP contribution in [0.4, 0.5) is 0 Å². The molecule has 0 amide bonds. The Morgan fingerprint density at radius 1 is 1.18 bits per heavy atom. The van der Waals surface area contributed by atoms with Crippen molar-refractivity contribution in [3.05, 3.63) is 23.8 Å². The summed E-state index contributed by atoms with van der Waals surface area (Å²) < 4.78 is 13.3. The van der Waals surface area contributed by atoms with Gasteiger partial charge in [-0.15, -0.1) is 0 Å². The number of carbonyl (C=O) groups is 2. The summed E-state index contributed by atoms with van der Waals surface area (Å²) in [5, 5.41) is 21.7. The minimum absolute atomic E-state index is 0.0100. The summed E-state index contributed by atoms with van der Waals surface area (Å²) in [6, 6.07) is 0. The Bertz CT molecular complexity index is 949. The van der Waals surface area contributed by atoms with E-state index in [0.29, 0.717) is 6.42 Å². The lowest BCUT2D eigenvalue weighted by Gasteiger charge is -2.59. The Balaban J connectivity index is 1.37. The molecule has 6 aliphatic rings. The van der Waals surface area contributed by atoms with Crippen LogP contribution in [0.5, 0.6) is 0 Å². The van der Waals surface area contributed by atoms with Gasteiger partial charge in [0, 0.05) is 22.7 Å². The summed E-state index contributed by atoms with van der Waals surface area (Å²) in [6.45, 7) is 3.69. The standard InChI is InChI=1S/C28H38O6/c1-26-11-10-18(30)12-17(26)8-9-19-20-13-23-28(22(32)15-29,27(20,2)14-21(31)24(19)26)34-25(33-23)16-6-4-3-5-7-16/h10-12,16,19-21,23-25,29,31H,3-9,13-15H2,1-2H3/t19?,20?,21?,23-,24?,25-,26+,27+,28-/m1/s1. The summed E-state index contributed by atoms with van der Waals surface area (Å²) in [6.07, 6.45) is 12.5. The summed E-state index contributed by atoms with van der Waals surface area (Å²) in [7, 11) is 0. The Morgan fingerprint density at radius 3 is 2.68 bits per heavy atom. The maximum absolute atomic E-state index is 13.5. The van der Waals surface area contributed by atoms with Gasteiger partial charge in [0.25, 0.3) is 0 Å². The molecule has 34 heavy (non-hydrogen) atoms.